The number of carboxylic acids is 1. The molecule has 2 aromatic heterocycles. The van der Waals surface area contributed by atoms with Crippen molar-refractivity contribution in [3.05, 3.63) is 35.9 Å². The highest BCUT2D eigenvalue weighted by atomic mass is 16.4. The fraction of sp³-hybridized carbons (Fsp3) is 0.467. The number of imidazole rings is 1. The maximum absolute atomic E-state index is 11.0. The molecule has 0 amide bonds. The second-order valence-electron chi connectivity index (χ2n) is 5.66. The third kappa shape index (κ3) is 2.54. The molecule has 0 aliphatic carbocycles. The summed E-state index contributed by atoms with van der Waals surface area (Å²) in [5, 5.41) is 9.01. The predicted molar refractivity (Wildman–Crippen MR) is 76.1 cm³/mol. The first-order chi connectivity index (χ1) is 9.63. The number of likely N-dealkylation sites (tertiary alicyclic amines) is 1. The van der Waals surface area contributed by atoms with Gasteiger partial charge >= 0.3 is 5.97 Å². The zero-order valence-corrected chi connectivity index (χ0v) is 11.6. The number of pyridine rings is 1. The standard InChI is InChI=1S/C15H19N3O2/c1-17-5-2-3-11(10-17)7-14-16-9-13-8-12(15(19)20)4-6-18(13)14/h4,6,8-9,11H,2-3,5,7,10H2,1H3,(H,19,20). The number of fused-ring (bicyclic) bond motifs is 1. The predicted octanol–water partition coefficient (Wildman–Crippen LogP) is 1.92. The molecule has 1 atom stereocenters. The molecule has 0 saturated carbocycles. The molecule has 2 aromatic rings. The molecule has 20 heavy (non-hydrogen) atoms. The van der Waals surface area contributed by atoms with E-state index in [9.17, 15) is 4.79 Å². The quantitative estimate of drug-likeness (QED) is 0.928. The Hall–Kier alpha value is -1.88. The zero-order chi connectivity index (χ0) is 14.1. The summed E-state index contributed by atoms with van der Waals surface area (Å²) < 4.78 is 2.00. The normalized spacial score (nSPS) is 20.4. The number of carboxylic acid groups (broad SMARTS) is 1. The number of rotatable bonds is 3. The van der Waals surface area contributed by atoms with Crippen LogP contribution in [0.5, 0.6) is 0 Å². The summed E-state index contributed by atoms with van der Waals surface area (Å²) in [6.07, 6.45) is 7.01. The van der Waals surface area contributed by atoms with Gasteiger partial charge in [-0.3, -0.25) is 0 Å². The number of piperidine rings is 1. The molecule has 0 spiro atoms. The maximum Gasteiger partial charge on any atom is 0.335 e. The molecular formula is C15H19N3O2. The number of hydrogen-bond acceptors (Lipinski definition) is 3. The minimum atomic E-state index is -0.899. The Bertz CT molecular complexity index is 635. The van der Waals surface area contributed by atoms with Gasteiger partial charge in [-0.1, -0.05) is 0 Å². The average Bonchev–Trinajstić information content (AvgIpc) is 2.81. The van der Waals surface area contributed by atoms with Crippen LogP contribution in [0.15, 0.2) is 24.5 Å². The average molecular weight is 273 g/mol. The highest BCUT2D eigenvalue weighted by molar-refractivity contribution is 5.88. The monoisotopic (exact) mass is 273 g/mol. The second-order valence-corrected chi connectivity index (χ2v) is 5.66. The van der Waals surface area contributed by atoms with E-state index in [1.807, 2.05) is 10.6 Å². The van der Waals surface area contributed by atoms with Gasteiger partial charge in [-0.2, -0.15) is 0 Å². The summed E-state index contributed by atoms with van der Waals surface area (Å²) >= 11 is 0. The lowest BCUT2D eigenvalue weighted by molar-refractivity contribution is 0.0697. The first-order valence-electron chi connectivity index (χ1n) is 7.01. The van der Waals surface area contributed by atoms with Crippen LogP contribution >= 0.6 is 0 Å². The van der Waals surface area contributed by atoms with Crippen molar-refractivity contribution in [3.63, 3.8) is 0 Å². The van der Waals surface area contributed by atoms with E-state index in [1.54, 1.807) is 18.3 Å². The van der Waals surface area contributed by atoms with Crippen molar-refractivity contribution < 1.29 is 9.90 Å². The summed E-state index contributed by atoms with van der Waals surface area (Å²) in [7, 11) is 2.16. The van der Waals surface area contributed by atoms with Crippen LogP contribution in [0.2, 0.25) is 0 Å². The molecule has 1 saturated heterocycles. The summed E-state index contributed by atoms with van der Waals surface area (Å²) in [6.45, 7) is 2.29. The second kappa shape index (κ2) is 5.25. The first-order valence-corrected chi connectivity index (χ1v) is 7.01. The van der Waals surface area contributed by atoms with Gasteiger partial charge < -0.3 is 14.4 Å². The number of aromatic nitrogens is 2. The summed E-state index contributed by atoms with van der Waals surface area (Å²) in [5.41, 5.74) is 1.16. The molecule has 1 aliphatic rings. The summed E-state index contributed by atoms with van der Waals surface area (Å²) in [4.78, 5) is 17.8. The van der Waals surface area contributed by atoms with Gasteiger partial charge in [0.2, 0.25) is 0 Å². The molecule has 1 N–H and O–H groups in total. The van der Waals surface area contributed by atoms with E-state index >= 15 is 0 Å². The van der Waals surface area contributed by atoms with Crippen LogP contribution in [-0.4, -0.2) is 45.5 Å². The number of aromatic carboxylic acids is 1. The van der Waals surface area contributed by atoms with Gasteiger partial charge in [0.25, 0.3) is 0 Å². The smallest absolute Gasteiger partial charge is 0.335 e. The fourth-order valence-corrected chi connectivity index (χ4v) is 3.04. The molecule has 3 heterocycles. The van der Waals surface area contributed by atoms with Crippen molar-refractivity contribution in [2.75, 3.05) is 20.1 Å². The van der Waals surface area contributed by atoms with Gasteiger partial charge in [0.1, 0.15) is 5.82 Å². The van der Waals surface area contributed by atoms with Gasteiger partial charge in [-0.05, 0) is 44.5 Å². The third-order valence-electron chi connectivity index (χ3n) is 4.05. The molecule has 0 bridgehead atoms. The molecule has 0 aromatic carbocycles. The summed E-state index contributed by atoms with van der Waals surface area (Å²) in [5.74, 6) is 0.764. The first kappa shape index (κ1) is 13.1. The van der Waals surface area contributed by atoms with Crippen molar-refractivity contribution in [3.8, 4) is 0 Å². The minimum absolute atomic E-state index is 0.307. The Kier molecular flexibility index (Phi) is 3.44. The highest BCUT2D eigenvalue weighted by Crippen LogP contribution is 2.20. The molecule has 106 valence electrons. The Balaban J connectivity index is 1.83. The number of hydrogen-bond donors (Lipinski definition) is 1. The number of nitrogens with zero attached hydrogens (tertiary/aromatic N) is 3. The Morgan fingerprint density at radius 1 is 1.55 bits per heavy atom. The molecular weight excluding hydrogens is 254 g/mol. The van der Waals surface area contributed by atoms with E-state index in [-0.39, 0.29) is 0 Å². The van der Waals surface area contributed by atoms with Crippen molar-refractivity contribution in [2.45, 2.75) is 19.3 Å². The van der Waals surface area contributed by atoms with Crippen LogP contribution in [0.25, 0.3) is 5.52 Å². The van der Waals surface area contributed by atoms with Crippen LogP contribution in [-0.2, 0) is 6.42 Å². The maximum atomic E-state index is 11.0. The van der Waals surface area contributed by atoms with E-state index in [0.717, 1.165) is 24.3 Å². The molecule has 0 radical (unpaired) electrons. The lowest BCUT2D eigenvalue weighted by atomic mass is 9.95. The lowest BCUT2D eigenvalue weighted by Crippen LogP contribution is -2.33. The zero-order valence-electron chi connectivity index (χ0n) is 11.6. The van der Waals surface area contributed by atoms with Crippen LogP contribution in [0.4, 0.5) is 0 Å². The molecule has 1 unspecified atom stereocenters. The fourth-order valence-electron chi connectivity index (χ4n) is 3.04. The van der Waals surface area contributed by atoms with Crippen molar-refractivity contribution in [1.82, 2.24) is 14.3 Å². The SMILES string of the molecule is CN1CCCC(Cc2ncc3cc(C(=O)O)ccn23)C1. The molecule has 5 nitrogen and oxygen atoms in total. The third-order valence-corrected chi connectivity index (χ3v) is 4.05. The van der Waals surface area contributed by atoms with E-state index in [0.29, 0.717) is 11.5 Å². The largest absolute Gasteiger partial charge is 0.478 e. The van der Waals surface area contributed by atoms with Crippen LogP contribution < -0.4 is 0 Å². The summed E-state index contributed by atoms with van der Waals surface area (Å²) in [6, 6.07) is 3.30. The molecule has 5 heteroatoms. The van der Waals surface area contributed by atoms with E-state index in [4.69, 9.17) is 5.11 Å². The van der Waals surface area contributed by atoms with Crippen molar-refractivity contribution >= 4 is 11.5 Å². The van der Waals surface area contributed by atoms with Crippen molar-refractivity contribution in [2.24, 2.45) is 5.92 Å². The van der Waals surface area contributed by atoms with Crippen LogP contribution in [0.3, 0.4) is 0 Å². The van der Waals surface area contributed by atoms with E-state index < -0.39 is 5.97 Å². The van der Waals surface area contributed by atoms with Gasteiger partial charge in [-0.25, -0.2) is 9.78 Å². The molecule has 1 aliphatic heterocycles. The van der Waals surface area contributed by atoms with Gasteiger partial charge in [0, 0.05) is 19.2 Å². The Morgan fingerprint density at radius 2 is 2.40 bits per heavy atom. The number of carbonyl (C=O) groups is 1. The molecule has 1 fully saturated rings. The minimum Gasteiger partial charge on any atom is -0.478 e. The van der Waals surface area contributed by atoms with Gasteiger partial charge in [0.05, 0.1) is 17.3 Å². The van der Waals surface area contributed by atoms with Crippen molar-refractivity contribution in [1.29, 1.82) is 0 Å². The highest BCUT2D eigenvalue weighted by Gasteiger charge is 2.19. The Morgan fingerprint density at radius 3 is 3.15 bits per heavy atom. The van der Waals surface area contributed by atoms with Gasteiger partial charge in [0.15, 0.2) is 0 Å². The van der Waals surface area contributed by atoms with Crippen LogP contribution in [0.1, 0.15) is 29.0 Å². The topological polar surface area (TPSA) is 57.8 Å². The van der Waals surface area contributed by atoms with E-state index in [2.05, 4.69) is 16.9 Å². The van der Waals surface area contributed by atoms with Gasteiger partial charge in [-0.15, -0.1) is 0 Å². The lowest BCUT2D eigenvalue weighted by Gasteiger charge is -2.29. The van der Waals surface area contributed by atoms with Crippen LogP contribution in [0, 0.1) is 5.92 Å². The Labute approximate surface area is 117 Å². The molecule has 3 rings (SSSR count). The van der Waals surface area contributed by atoms with E-state index in [1.165, 1.54) is 19.4 Å².